The Balaban J connectivity index is 3.18. The summed E-state index contributed by atoms with van der Waals surface area (Å²) in [6.07, 6.45) is 1.68. The van der Waals surface area contributed by atoms with E-state index in [1.807, 2.05) is 0 Å². The molecule has 8 heteroatoms. The Hall–Kier alpha value is -1.64. The molecule has 18 heavy (non-hydrogen) atoms. The lowest BCUT2D eigenvalue weighted by molar-refractivity contribution is 0.374. The lowest BCUT2D eigenvalue weighted by Crippen LogP contribution is -2.10. The Morgan fingerprint density at radius 1 is 1.33 bits per heavy atom. The van der Waals surface area contributed by atoms with Crippen LogP contribution >= 0.6 is 0 Å². The maximum absolute atomic E-state index is 11.5. The first-order chi connectivity index (χ1) is 8.45. The Morgan fingerprint density at radius 3 is 2.44 bits per heavy atom. The van der Waals surface area contributed by atoms with Crippen molar-refractivity contribution in [2.45, 2.75) is 0 Å². The van der Waals surface area contributed by atoms with Gasteiger partial charge in [0.25, 0.3) is 5.09 Å². The molecule has 0 radical (unpaired) electrons. The number of hydrogen-bond acceptors (Lipinski definition) is 6. The molecular weight excluding hydrogens is 280 g/mol. The fourth-order valence-electron chi connectivity index (χ4n) is 1.03. The molecule has 1 aromatic carbocycles. The minimum absolute atomic E-state index is 0.439. The molecule has 1 atom stereocenters. The zero-order chi connectivity index (χ0) is 13.6. The summed E-state index contributed by atoms with van der Waals surface area (Å²) in [5, 5.41) is -0.845. The average Bonchev–Trinajstić information content (AvgIpc) is 2.29. The lowest BCUT2D eigenvalue weighted by Gasteiger charge is -2.10. The van der Waals surface area contributed by atoms with E-state index in [0.717, 1.165) is 6.08 Å². The average molecular weight is 289 g/mol. The molecule has 0 bridgehead atoms. The van der Waals surface area contributed by atoms with Crippen LogP contribution in [0.2, 0.25) is 0 Å². The van der Waals surface area contributed by atoms with Crippen molar-refractivity contribution >= 4 is 27.6 Å². The molecule has 0 heterocycles. The highest BCUT2D eigenvalue weighted by Gasteiger charge is 2.21. The topological polar surface area (TPSA) is 92.7 Å². The Labute approximate surface area is 107 Å². The molecule has 0 spiro atoms. The Bertz CT molecular complexity index is 561. The molecule has 1 unspecified atom stereocenters. The maximum Gasteiger partial charge on any atom is 0.373 e. The minimum Gasteiger partial charge on any atom is -0.740 e. The molecule has 0 aliphatic heterocycles. The summed E-state index contributed by atoms with van der Waals surface area (Å²) in [7, 11) is -4.34. The molecule has 1 aromatic rings. The van der Waals surface area contributed by atoms with Crippen molar-refractivity contribution in [1.82, 2.24) is 0 Å². The van der Waals surface area contributed by atoms with Gasteiger partial charge in [-0.25, -0.2) is 4.21 Å². The largest absolute Gasteiger partial charge is 0.740 e. The van der Waals surface area contributed by atoms with Gasteiger partial charge in [0.15, 0.2) is 0 Å². The highest BCUT2D eigenvalue weighted by atomic mass is 32.2. The van der Waals surface area contributed by atoms with E-state index < -0.39 is 26.6 Å². The van der Waals surface area contributed by atoms with Crippen molar-refractivity contribution < 1.29 is 25.5 Å². The van der Waals surface area contributed by atoms with Crippen LogP contribution in [-0.2, 0) is 29.8 Å². The Morgan fingerprint density at radius 2 is 1.94 bits per heavy atom. The molecule has 0 saturated carbocycles. The predicted octanol–water partition coefficient (Wildman–Crippen LogP) is 1.29. The Kier molecular flexibility index (Phi) is 5.08. The normalized spacial score (nSPS) is 13.7. The van der Waals surface area contributed by atoms with Crippen molar-refractivity contribution in [2.24, 2.45) is 0 Å². The van der Waals surface area contributed by atoms with Crippen molar-refractivity contribution in [3.63, 3.8) is 0 Å². The van der Waals surface area contributed by atoms with Crippen LogP contribution in [0.15, 0.2) is 48.3 Å². The molecule has 0 aromatic heterocycles. The van der Waals surface area contributed by atoms with E-state index in [1.54, 1.807) is 30.3 Å². The molecule has 98 valence electrons. The maximum atomic E-state index is 11.5. The quantitative estimate of drug-likeness (QED) is 0.445. The summed E-state index contributed by atoms with van der Waals surface area (Å²) >= 11 is -3.03. The van der Waals surface area contributed by atoms with Gasteiger partial charge < -0.3 is 12.9 Å². The van der Waals surface area contributed by atoms with Crippen LogP contribution in [0.5, 0.6) is 0 Å². The summed E-state index contributed by atoms with van der Waals surface area (Å²) in [4.78, 5) is 0. The van der Waals surface area contributed by atoms with Gasteiger partial charge >= 0.3 is 10.1 Å². The van der Waals surface area contributed by atoms with Crippen molar-refractivity contribution in [2.75, 3.05) is 0 Å². The second kappa shape index (κ2) is 6.34. The van der Waals surface area contributed by atoms with Crippen LogP contribution in [0.1, 0.15) is 5.56 Å². The molecule has 0 saturated heterocycles. The van der Waals surface area contributed by atoms with Crippen LogP contribution in [-0.4, -0.2) is 17.2 Å². The summed E-state index contributed by atoms with van der Waals surface area (Å²) < 4.78 is 52.3. The number of benzene rings is 1. The van der Waals surface area contributed by atoms with Crippen LogP contribution < -0.4 is 0 Å². The summed E-state index contributed by atoms with van der Waals surface area (Å²) in [6, 6.07) is 8.16. The van der Waals surface area contributed by atoms with Crippen LogP contribution in [0, 0.1) is 0 Å². The standard InChI is InChI=1S/C10H10O6S2/c1-2-15-18(13,14)10(16-17(11)12)8-9-6-4-3-5-7-9/h2-8H,1H2,(H,11,12)/p-1. The van der Waals surface area contributed by atoms with Gasteiger partial charge in [0.05, 0.1) is 6.26 Å². The number of hydrogen-bond donors (Lipinski definition) is 0. The van der Waals surface area contributed by atoms with Gasteiger partial charge in [-0.05, 0) is 5.56 Å². The fourth-order valence-corrected chi connectivity index (χ4v) is 2.26. The van der Waals surface area contributed by atoms with Crippen molar-refractivity contribution in [3.8, 4) is 0 Å². The van der Waals surface area contributed by atoms with Gasteiger partial charge in [-0.3, -0.25) is 0 Å². The molecule has 0 amide bonds. The van der Waals surface area contributed by atoms with E-state index in [4.69, 9.17) is 0 Å². The molecule has 6 nitrogen and oxygen atoms in total. The van der Waals surface area contributed by atoms with Gasteiger partial charge in [0.1, 0.15) is 11.4 Å². The third-order valence-corrected chi connectivity index (χ3v) is 3.18. The van der Waals surface area contributed by atoms with E-state index in [1.165, 1.54) is 0 Å². The molecular formula is C10H9O6S2-. The predicted molar refractivity (Wildman–Crippen MR) is 64.6 cm³/mol. The zero-order valence-corrected chi connectivity index (χ0v) is 10.6. The van der Waals surface area contributed by atoms with E-state index in [2.05, 4.69) is 14.9 Å². The van der Waals surface area contributed by atoms with E-state index in [9.17, 15) is 17.2 Å². The number of rotatable bonds is 6. The highest BCUT2D eigenvalue weighted by Crippen LogP contribution is 2.16. The molecule has 1 rings (SSSR count). The lowest BCUT2D eigenvalue weighted by atomic mass is 10.2. The first-order valence-corrected chi connectivity index (χ1v) is 6.95. The smallest absolute Gasteiger partial charge is 0.373 e. The monoisotopic (exact) mass is 289 g/mol. The SMILES string of the molecule is C=COS(=O)(=O)C(=Cc1ccccc1)OS(=O)[O-]. The van der Waals surface area contributed by atoms with Gasteiger partial charge in [-0.15, -0.1) is 0 Å². The molecule has 0 aliphatic rings. The summed E-state index contributed by atoms with van der Waals surface area (Å²) in [6.45, 7) is 3.08. The fraction of sp³-hybridized carbons (Fsp3) is 0. The van der Waals surface area contributed by atoms with Crippen molar-refractivity contribution in [3.05, 3.63) is 53.8 Å². The first kappa shape index (κ1) is 14.4. The van der Waals surface area contributed by atoms with Gasteiger partial charge in [-0.2, -0.15) is 8.42 Å². The van der Waals surface area contributed by atoms with Crippen LogP contribution in [0.3, 0.4) is 0 Å². The third kappa shape index (κ3) is 4.32. The molecule has 0 N–H and O–H groups in total. The second-order valence-electron chi connectivity index (χ2n) is 2.88. The third-order valence-electron chi connectivity index (χ3n) is 1.68. The zero-order valence-electron chi connectivity index (χ0n) is 9.01. The first-order valence-electron chi connectivity index (χ1n) is 4.54. The molecule has 0 aliphatic carbocycles. The van der Waals surface area contributed by atoms with Gasteiger partial charge in [-0.1, -0.05) is 36.9 Å². The second-order valence-corrected chi connectivity index (χ2v) is 4.96. The van der Waals surface area contributed by atoms with E-state index in [-0.39, 0.29) is 0 Å². The summed E-state index contributed by atoms with van der Waals surface area (Å²) in [5.41, 5.74) is 0.439. The van der Waals surface area contributed by atoms with Crippen LogP contribution in [0.25, 0.3) is 6.08 Å². The highest BCUT2D eigenvalue weighted by molar-refractivity contribution is 7.91. The van der Waals surface area contributed by atoms with Crippen molar-refractivity contribution in [1.29, 1.82) is 0 Å². The van der Waals surface area contributed by atoms with Gasteiger partial charge in [0.2, 0.25) is 0 Å². The van der Waals surface area contributed by atoms with E-state index in [0.29, 0.717) is 11.8 Å². The van der Waals surface area contributed by atoms with Gasteiger partial charge in [0, 0.05) is 6.08 Å². The summed E-state index contributed by atoms with van der Waals surface area (Å²) in [5.74, 6) is 0. The van der Waals surface area contributed by atoms with E-state index >= 15 is 0 Å². The molecule has 0 fully saturated rings. The van der Waals surface area contributed by atoms with Crippen LogP contribution in [0.4, 0.5) is 0 Å². The minimum atomic E-state index is -4.34.